The minimum Gasteiger partial charge on any atom is -0.479 e. The monoisotopic (exact) mass is 585 g/mol. The SMILES string of the molecule is O=C(O)C1OC(Oc2ccc([C@@H]3[C@@H](CCC(O)c4ccc(F)cc4)C(=O)N3c3ccc(F)cc3)cc2)C(O)C(O)C1O. The zero-order valence-corrected chi connectivity index (χ0v) is 22.0. The second kappa shape index (κ2) is 12.1. The van der Waals surface area contributed by atoms with Crippen LogP contribution in [-0.4, -0.2) is 68.1 Å². The predicted molar refractivity (Wildman–Crippen MR) is 142 cm³/mol. The van der Waals surface area contributed by atoms with Gasteiger partial charge in [-0.05, 0) is 72.5 Å². The van der Waals surface area contributed by atoms with E-state index in [-0.39, 0.29) is 18.1 Å². The van der Waals surface area contributed by atoms with Crippen molar-refractivity contribution in [2.24, 2.45) is 5.92 Å². The molecular formula is C30H29F2NO9. The second-order valence-electron chi connectivity index (χ2n) is 10.3. The number of β-lactam (4-membered cyclic amide) rings is 1. The van der Waals surface area contributed by atoms with Crippen molar-refractivity contribution in [1.82, 2.24) is 0 Å². The number of nitrogens with zero attached hydrogens (tertiary/aromatic N) is 1. The number of aliphatic hydroxyl groups is 4. The fraction of sp³-hybridized carbons (Fsp3) is 0.333. The molecule has 10 nitrogen and oxygen atoms in total. The largest absolute Gasteiger partial charge is 0.479 e. The minimum absolute atomic E-state index is 0.151. The maximum absolute atomic E-state index is 13.6. The first kappa shape index (κ1) is 29.5. The van der Waals surface area contributed by atoms with E-state index in [9.17, 15) is 43.9 Å². The van der Waals surface area contributed by atoms with Crippen LogP contribution in [0.5, 0.6) is 5.75 Å². The van der Waals surface area contributed by atoms with E-state index >= 15 is 0 Å². The molecule has 0 aromatic heterocycles. The Morgan fingerprint density at radius 2 is 1.48 bits per heavy atom. The molecular weight excluding hydrogens is 556 g/mol. The standard InChI is InChI=1S/C30H29F2NO9/c31-17-5-1-15(2-6-17)22(34)14-13-21-23(33(28(21)38)19-9-7-18(32)8-10-19)16-3-11-20(12-4-16)41-30-26(37)24(35)25(36)27(42-30)29(39)40/h1-12,21-27,30,34-37H,13-14H2,(H,39,40)/t21-,22?,23-,24?,25?,26?,27?,30?/m1/s1. The van der Waals surface area contributed by atoms with E-state index in [1.165, 1.54) is 65.6 Å². The van der Waals surface area contributed by atoms with Gasteiger partial charge in [-0.3, -0.25) is 4.79 Å². The van der Waals surface area contributed by atoms with Crippen molar-refractivity contribution in [2.45, 2.75) is 55.7 Å². The molecule has 42 heavy (non-hydrogen) atoms. The van der Waals surface area contributed by atoms with E-state index in [4.69, 9.17) is 9.47 Å². The van der Waals surface area contributed by atoms with Crippen molar-refractivity contribution < 1.29 is 53.4 Å². The van der Waals surface area contributed by atoms with Crippen molar-refractivity contribution in [3.8, 4) is 5.75 Å². The average molecular weight is 586 g/mol. The van der Waals surface area contributed by atoms with Crippen LogP contribution < -0.4 is 9.64 Å². The summed E-state index contributed by atoms with van der Waals surface area (Å²) < 4.78 is 37.6. The highest BCUT2D eigenvalue weighted by atomic mass is 19.1. The highest BCUT2D eigenvalue weighted by molar-refractivity contribution is 6.03. The molecule has 5 N–H and O–H groups in total. The third-order valence-corrected chi connectivity index (χ3v) is 7.61. The molecule has 2 heterocycles. The van der Waals surface area contributed by atoms with Gasteiger partial charge in [-0.25, -0.2) is 13.6 Å². The predicted octanol–water partition coefficient (Wildman–Crippen LogP) is 2.45. The van der Waals surface area contributed by atoms with E-state index in [1.54, 1.807) is 12.1 Å². The van der Waals surface area contributed by atoms with Crippen LogP contribution in [0.3, 0.4) is 0 Å². The molecule has 12 heteroatoms. The number of benzene rings is 3. The van der Waals surface area contributed by atoms with Crippen LogP contribution in [-0.2, 0) is 14.3 Å². The summed E-state index contributed by atoms with van der Waals surface area (Å²) in [7, 11) is 0. The number of rotatable bonds is 9. The summed E-state index contributed by atoms with van der Waals surface area (Å²) >= 11 is 0. The second-order valence-corrected chi connectivity index (χ2v) is 10.3. The van der Waals surface area contributed by atoms with Crippen LogP contribution in [0, 0.1) is 17.6 Å². The molecule has 3 aromatic rings. The minimum atomic E-state index is -1.85. The zero-order chi connectivity index (χ0) is 30.1. The van der Waals surface area contributed by atoms with Gasteiger partial charge < -0.3 is 39.9 Å². The van der Waals surface area contributed by atoms with Crippen molar-refractivity contribution in [3.63, 3.8) is 0 Å². The molecule has 0 bridgehead atoms. The van der Waals surface area contributed by atoms with E-state index < -0.39 is 66.4 Å². The number of aliphatic carboxylic acids is 1. The number of halogens is 2. The number of carbonyl (C=O) groups is 2. The Kier molecular flexibility index (Phi) is 8.53. The topological polar surface area (TPSA) is 157 Å². The third-order valence-electron chi connectivity index (χ3n) is 7.61. The summed E-state index contributed by atoms with van der Waals surface area (Å²) in [6.07, 6.45) is -9.19. The lowest BCUT2D eigenvalue weighted by Gasteiger charge is -2.48. The lowest BCUT2D eigenvalue weighted by molar-refractivity contribution is -0.271. The summed E-state index contributed by atoms with van der Waals surface area (Å²) in [4.78, 5) is 26.2. The van der Waals surface area contributed by atoms with E-state index in [2.05, 4.69) is 0 Å². The van der Waals surface area contributed by atoms with Gasteiger partial charge in [0.2, 0.25) is 12.2 Å². The number of carboxylic acids is 1. The Labute approximate surface area is 239 Å². The molecule has 2 aliphatic rings. The number of ether oxygens (including phenoxy) is 2. The van der Waals surface area contributed by atoms with Gasteiger partial charge in [0.15, 0.2) is 6.10 Å². The smallest absolute Gasteiger partial charge is 0.335 e. The molecule has 2 aliphatic heterocycles. The quantitative estimate of drug-likeness (QED) is 0.238. The molecule has 0 saturated carbocycles. The molecule has 0 aliphatic carbocycles. The lowest BCUT2D eigenvalue weighted by atomic mass is 9.78. The lowest BCUT2D eigenvalue weighted by Crippen LogP contribution is -2.61. The van der Waals surface area contributed by atoms with Crippen molar-refractivity contribution >= 4 is 17.6 Å². The molecule has 3 aromatic carbocycles. The molecule has 2 fully saturated rings. The van der Waals surface area contributed by atoms with Crippen LogP contribution in [0.1, 0.15) is 36.1 Å². The molecule has 2 saturated heterocycles. The number of carboxylic acid groups (broad SMARTS) is 1. The average Bonchev–Trinajstić information content (AvgIpc) is 2.97. The Morgan fingerprint density at radius 3 is 2.07 bits per heavy atom. The summed E-state index contributed by atoms with van der Waals surface area (Å²) in [6, 6.07) is 16.8. The molecule has 6 unspecified atom stereocenters. The van der Waals surface area contributed by atoms with Gasteiger partial charge in [0, 0.05) is 5.69 Å². The number of anilines is 1. The van der Waals surface area contributed by atoms with Crippen molar-refractivity contribution in [3.05, 3.63) is 95.6 Å². The Balaban J connectivity index is 1.34. The van der Waals surface area contributed by atoms with Crippen LogP contribution >= 0.6 is 0 Å². The molecule has 5 rings (SSSR count). The Bertz CT molecular complexity index is 1400. The van der Waals surface area contributed by atoms with E-state index in [0.717, 1.165) is 0 Å². The first-order chi connectivity index (χ1) is 20.0. The van der Waals surface area contributed by atoms with Gasteiger partial charge >= 0.3 is 5.97 Å². The Morgan fingerprint density at radius 1 is 0.881 bits per heavy atom. The first-order valence-corrected chi connectivity index (χ1v) is 13.3. The third kappa shape index (κ3) is 5.85. The zero-order valence-electron chi connectivity index (χ0n) is 22.0. The van der Waals surface area contributed by atoms with Gasteiger partial charge in [-0.2, -0.15) is 0 Å². The van der Waals surface area contributed by atoms with Crippen LogP contribution in [0.25, 0.3) is 0 Å². The maximum atomic E-state index is 13.6. The number of aliphatic hydroxyl groups excluding tert-OH is 4. The van der Waals surface area contributed by atoms with Gasteiger partial charge in [-0.15, -0.1) is 0 Å². The maximum Gasteiger partial charge on any atom is 0.335 e. The van der Waals surface area contributed by atoms with Crippen molar-refractivity contribution in [2.75, 3.05) is 4.90 Å². The highest BCUT2D eigenvalue weighted by Gasteiger charge is 2.49. The van der Waals surface area contributed by atoms with Gasteiger partial charge in [0.25, 0.3) is 0 Å². The van der Waals surface area contributed by atoms with E-state index in [0.29, 0.717) is 23.2 Å². The fourth-order valence-electron chi connectivity index (χ4n) is 5.32. The van der Waals surface area contributed by atoms with Crippen molar-refractivity contribution in [1.29, 1.82) is 0 Å². The van der Waals surface area contributed by atoms with Gasteiger partial charge in [-0.1, -0.05) is 24.3 Å². The molecule has 222 valence electrons. The number of amides is 1. The van der Waals surface area contributed by atoms with Gasteiger partial charge in [0.05, 0.1) is 18.1 Å². The molecule has 8 atom stereocenters. The molecule has 0 radical (unpaired) electrons. The summed E-state index contributed by atoms with van der Waals surface area (Å²) in [5.41, 5.74) is 1.68. The molecule has 0 spiro atoms. The van der Waals surface area contributed by atoms with Crippen LogP contribution in [0.4, 0.5) is 14.5 Å². The number of carbonyl (C=O) groups excluding carboxylic acids is 1. The normalized spacial score (nSPS) is 28.2. The number of hydrogen-bond donors (Lipinski definition) is 5. The van der Waals surface area contributed by atoms with E-state index in [1.807, 2.05) is 0 Å². The fourth-order valence-corrected chi connectivity index (χ4v) is 5.32. The van der Waals surface area contributed by atoms with Crippen LogP contribution in [0.15, 0.2) is 72.8 Å². The summed E-state index contributed by atoms with van der Waals surface area (Å²) in [5.74, 6) is -3.03. The summed E-state index contributed by atoms with van der Waals surface area (Å²) in [6.45, 7) is 0. The summed E-state index contributed by atoms with van der Waals surface area (Å²) in [5, 5.41) is 50.0. The molecule has 1 amide bonds. The first-order valence-electron chi connectivity index (χ1n) is 13.3. The van der Waals surface area contributed by atoms with Crippen LogP contribution in [0.2, 0.25) is 0 Å². The Hall–Kier alpha value is -3.94. The number of hydrogen-bond acceptors (Lipinski definition) is 8. The highest BCUT2D eigenvalue weighted by Crippen LogP contribution is 2.46. The van der Waals surface area contributed by atoms with Gasteiger partial charge in [0.1, 0.15) is 35.7 Å².